The van der Waals surface area contributed by atoms with Gasteiger partial charge in [-0.1, -0.05) is 40.7 Å². The second kappa shape index (κ2) is 5.44. The van der Waals surface area contributed by atoms with E-state index >= 15 is 0 Å². The second-order valence-electron chi connectivity index (χ2n) is 5.70. The zero-order valence-electron chi connectivity index (χ0n) is 11.0. The minimum atomic E-state index is 0.177. The Morgan fingerprint density at radius 3 is 2.44 bits per heavy atom. The first kappa shape index (κ1) is 13.2. The van der Waals surface area contributed by atoms with Crippen LogP contribution in [0.15, 0.2) is 24.5 Å². The van der Waals surface area contributed by atoms with Crippen molar-refractivity contribution in [3.05, 3.63) is 30.1 Å². The molecule has 0 saturated carbocycles. The highest BCUT2D eigenvalue weighted by Gasteiger charge is 2.28. The molecule has 1 heterocycles. The van der Waals surface area contributed by atoms with Gasteiger partial charge in [0.15, 0.2) is 0 Å². The number of aromatic nitrogens is 1. The fraction of sp³-hybridized carbons (Fsp3) is 0.643. The maximum absolute atomic E-state index is 6.01. The van der Waals surface area contributed by atoms with E-state index in [1.54, 1.807) is 6.20 Å². The summed E-state index contributed by atoms with van der Waals surface area (Å²) in [6.45, 7) is 11.7. The van der Waals surface area contributed by atoms with E-state index in [4.69, 9.17) is 4.74 Å². The van der Waals surface area contributed by atoms with Crippen molar-refractivity contribution >= 4 is 0 Å². The standard InChI is InChI=1S/C14H23NO/c1-11(2)13(14(3,4)5)16-10-12-7-6-8-15-9-12/h6-9,11,13H,10H2,1-5H3/t13-/m0/s1. The quantitative estimate of drug-likeness (QED) is 0.774. The lowest BCUT2D eigenvalue weighted by Gasteiger charge is -2.33. The number of ether oxygens (including phenoxy) is 1. The summed E-state index contributed by atoms with van der Waals surface area (Å²) in [7, 11) is 0. The van der Waals surface area contributed by atoms with Crippen LogP contribution in [0.25, 0.3) is 0 Å². The van der Waals surface area contributed by atoms with Gasteiger partial charge in [0.25, 0.3) is 0 Å². The van der Waals surface area contributed by atoms with Crippen molar-refractivity contribution < 1.29 is 4.74 Å². The fourth-order valence-corrected chi connectivity index (χ4v) is 2.11. The molecule has 0 spiro atoms. The molecule has 0 N–H and O–H groups in total. The molecule has 1 atom stereocenters. The van der Waals surface area contributed by atoms with Crippen molar-refractivity contribution in [2.45, 2.75) is 47.3 Å². The van der Waals surface area contributed by atoms with Crippen molar-refractivity contribution in [1.29, 1.82) is 0 Å². The first-order chi connectivity index (χ1) is 7.41. The average Bonchev–Trinajstić information content (AvgIpc) is 2.17. The van der Waals surface area contributed by atoms with Gasteiger partial charge in [-0.05, 0) is 23.0 Å². The zero-order chi connectivity index (χ0) is 12.2. The summed E-state index contributed by atoms with van der Waals surface area (Å²) >= 11 is 0. The molecule has 0 saturated heterocycles. The number of pyridine rings is 1. The summed E-state index contributed by atoms with van der Waals surface area (Å²) in [5.41, 5.74) is 1.31. The summed E-state index contributed by atoms with van der Waals surface area (Å²) in [6, 6.07) is 3.99. The Morgan fingerprint density at radius 1 is 1.31 bits per heavy atom. The highest BCUT2D eigenvalue weighted by atomic mass is 16.5. The molecule has 0 aliphatic rings. The Balaban J connectivity index is 2.58. The van der Waals surface area contributed by atoms with Crippen LogP contribution < -0.4 is 0 Å². The topological polar surface area (TPSA) is 22.1 Å². The summed E-state index contributed by atoms with van der Waals surface area (Å²) in [5.74, 6) is 0.525. The van der Waals surface area contributed by atoms with Crippen LogP contribution in [0.3, 0.4) is 0 Å². The molecule has 0 aliphatic heterocycles. The van der Waals surface area contributed by atoms with Crippen LogP contribution in [0.1, 0.15) is 40.2 Å². The van der Waals surface area contributed by atoms with Gasteiger partial charge < -0.3 is 4.74 Å². The van der Waals surface area contributed by atoms with E-state index in [9.17, 15) is 0 Å². The summed E-state index contributed by atoms with van der Waals surface area (Å²) in [5, 5.41) is 0. The van der Waals surface area contributed by atoms with Crippen LogP contribution in [-0.2, 0) is 11.3 Å². The monoisotopic (exact) mass is 221 g/mol. The lowest BCUT2D eigenvalue weighted by atomic mass is 9.82. The first-order valence-corrected chi connectivity index (χ1v) is 5.92. The van der Waals surface area contributed by atoms with Crippen LogP contribution in [0, 0.1) is 11.3 Å². The van der Waals surface area contributed by atoms with Gasteiger partial charge >= 0.3 is 0 Å². The second-order valence-corrected chi connectivity index (χ2v) is 5.70. The third kappa shape index (κ3) is 3.93. The minimum absolute atomic E-state index is 0.177. The van der Waals surface area contributed by atoms with Crippen LogP contribution in [0.5, 0.6) is 0 Å². The van der Waals surface area contributed by atoms with Gasteiger partial charge in [-0.2, -0.15) is 0 Å². The highest BCUT2D eigenvalue weighted by molar-refractivity contribution is 5.06. The Labute approximate surface area is 99.0 Å². The van der Waals surface area contributed by atoms with Crippen molar-refractivity contribution in [1.82, 2.24) is 4.98 Å². The molecule has 0 aromatic carbocycles. The maximum Gasteiger partial charge on any atom is 0.0735 e. The lowest BCUT2D eigenvalue weighted by molar-refractivity contribution is -0.0558. The van der Waals surface area contributed by atoms with Gasteiger partial charge in [0, 0.05) is 12.4 Å². The smallest absolute Gasteiger partial charge is 0.0735 e. The maximum atomic E-state index is 6.01. The predicted molar refractivity (Wildman–Crippen MR) is 67.1 cm³/mol. The van der Waals surface area contributed by atoms with Gasteiger partial charge in [0.05, 0.1) is 12.7 Å². The Morgan fingerprint density at radius 2 is 2.00 bits per heavy atom. The van der Waals surface area contributed by atoms with E-state index < -0.39 is 0 Å². The molecule has 2 heteroatoms. The van der Waals surface area contributed by atoms with Crippen LogP contribution >= 0.6 is 0 Å². The molecular formula is C14H23NO. The van der Waals surface area contributed by atoms with Crippen LogP contribution in [0.4, 0.5) is 0 Å². The van der Waals surface area contributed by atoms with E-state index in [1.807, 2.05) is 18.3 Å². The van der Waals surface area contributed by atoms with Gasteiger partial charge in [0.2, 0.25) is 0 Å². The molecule has 0 amide bonds. The van der Waals surface area contributed by atoms with Crippen LogP contribution in [-0.4, -0.2) is 11.1 Å². The molecule has 0 aliphatic carbocycles. The molecular weight excluding hydrogens is 198 g/mol. The first-order valence-electron chi connectivity index (χ1n) is 5.92. The van der Waals surface area contributed by atoms with Crippen molar-refractivity contribution in [2.75, 3.05) is 0 Å². The molecule has 1 rings (SSSR count). The SMILES string of the molecule is CC(C)[C@H](OCc1cccnc1)C(C)(C)C. The number of nitrogens with zero attached hydrogens (tertiary/aromatic N) is 1. The third-order valence-electron chi connectivity index (χ3n) is 2.61. The number of hydrogen-bond donors (Lipinski definition) is 0. The van der Waals surface area contributed by atoms with Gasteiger partial charge in [-0.25, -0.2) is 0 Å². The van der Waals surface area contributed by atoms with Crippen molar-refractivity contribution in [3.63, 3.8) is 0 Å². The van der Waals surface area contributed by atoms with E-state index in [2.05, 4.69) is 39.6 Å². The molecule has 0 radical (unpaired) electrons. The molecule has 2 nitrogen and oxygen atoms in total. The summed E-state index contributed by atoms with van der Waals surface area (Å²) < 4.78 is 6.01. The summed E-state index contributed by atoms with van der Waals surface area (Å²) in [6.07, 6.45) is 3.92. The molecule has 1 aromatic rings. The fourth-order valence-electron chi connectivity index (χ4n) is 2.11. The van der Waals surface area contributed by atoms with E-state index in [0.29, 0.717) is 12.5 Å². The molecule has 1 aromatic heterocycles. The highest BCUT2D eigenvalue weighted by Crippen LogP contribution is 2.28. The number of hydrogen-bond acceptors (Lipinski definition) is 2. The predicted octanol–water partition coefficient (Wildman–Crippen LogP) is 3.67. The van der Waals surface area contributed by atoms with Gasteiger partial charge in [-0.15, -0.1) is 0 Å². The van der Waals surface area contributed by atoms with E-state index in [1.165, 1.54) is 0 Å². The van der Waals surface area contributed by atoms with Gasteiger partial charge in [-0.3, -0.25) is 4.98 Å². The third-order valence-corrected chi connectivity index (χ3v) is 2.61. The number of rotatable bonds is 4. The Bertz CT molecular complexity index is 300. The van der Waals surface area contributed by atoms with E-state index in [0.717, 1.165) is 5.56 Å². The van der Waals surface area contributed by atoms with Gasteiger partial charge in [0.1, 0.15) is 0 Å². The van der Waals surface area contributed by atoms with E-state index in [-0.39, 0.29) is 11.5 Å². The van der Waals surface area contributed by atoms with Crippen molar-refractivity contribution in [2.24, 2.45) is 11.3 Å². The molecule has 0 unspecified atom stereocenters. The molecule has 0 fully saturated rings. The largest absolute Gasteiger partial charge is 0.373 e. The Kier molecular flexibility index (Phi) is 4.48. The normalized spacial score (nSPS) is 14.1. The lowest BCUT2D eigenvalue weighted by Crippen LogP contribution is -2.33. The van der Waals surface area contributed by atoms with Crippen molar-refractivity contribution in [3.8, 4) is 0 Å². The molecule has 0 bridgehead atoms. The Hall–Kier alpha value is -0.890. The summed E-state index contributed by atoms with van der Waals surface area (Å²) in [4.78, 5) is 4.09. The minimum Gasteiger partial charge on any atom is -0.373 e. The molecule has 16 heavy (non-hydrogen) atoms. The zero-order valence-corrected chi connectivity index (χ0v) is 11.0. The molecule has 90 valence electrons. The average molecular weight is 221 g/mol. The van der Waals surface area contributed by atoms with Crippen LogP contribution in [0.2, 0.25) is 0 Å².